The third-order valence-electron chi connectivity index (χ3n) is 5.98. The van der Waals surface area contributed by atoms with Crippen LogP contribution in [0, 0.1) is 0 Å². The van der Waals surface area contributed by atoms with Crippen molar-refractivity contribution in [3.63, 3.8) is 0 Å². The summed E-state index contributed by atoms with van der Waals surface area (Å²) in [6.45, 7) is 3.72. The number of benzene rings is 2. The van der Waals surface area contributed by atoms with E-state index in [4.69, 9.17) is 13.9 Å². The molecule has 2 aromatic carbocycles. The maximum absolute atomic E-state index is 13.1. The zero-order chi connectivity index (χ0) is 23.5. The van der Waals surface area contributed by atoms with Gasteiger partial charge in [-0.15, -0.1) is 0 Å². The molecule has 34 heavy (non-hydrogen) atoms. The first kappa shape index (κ1) is 21.8. The molecule has 0 spiro atoms. The van der Waals surface area contributed by atoms with Gasteiger partial charge in [0.25, 0.3) is 0 Å². The normalized spacial score (nSPS) is 14.3. The molecule has 1 aliphatic rings. The van der Waals surface area contributed by atoms with Crippen molar-refractivity contribution in [3.05, 3.63) is 82.8 Å². The molecule has 8 heteroatoms. The maximum atomic E-state index is 13.1. The van der Waals surface area contributed by atoms with E-state index >= 15 is 0 Å². The van der Waals surface area contributed by atoms with Gasteiger partial charge in [-0.3, -0.25) is 9.69 Å². The van der Waals surface area contributed by atoms with Crippen LogP contribution in [-0.4, -0.2) is 48.3 Å². The average Bonchev–Trinajstić information content (AvgIpc) is 2.88. The molecule has 3 heterocycles. The third-order valence-corrected chi connectivity index (χ3v) is 5.98. The van der Waals surface area contributed by atoms with Crippen molar-refractivity contribution < 1.29 is 19.0 Å². The number of phenols is 1. The number of rotatable bonds is 6. The first-order valence-corrected chi connectivity index (χ1v) is 11.1. The number of aromatic nitrogens is 1. The molecule has 1 N–H and O–H groups in total. The van der Waals surface area contributed by atoms with E-state index in [2.05, 4.69) is 14.8 Å². The molecule has 5 rings (SSSR count). The lowest BCUT2D eigenvalue weighted by Crippen LogP contribution is -2.46. The van der Waals surface area contributed by atoms with Gasteiger partial charge in [0.1, 0.15) is 34.9 Å². The second-order valence-electron chi connectivity index (χ2n) is 8.10. The molecule has 0 unspecified atom stereocenters. The van der Waals surface area contributed by atoms with Crippen LogP contribution in [0.5, 0.6) is 23.0 Å². The summed E-state index contributed by atoms with van der Waals surface area (Å²) in [6.07, 6.45) is 3.09. The Morgan fingerprint density at radius 1 is 1.03 bits per heavy atom. The second kappa shape index (κ2) is 9.44. The number of ether oxygens (including phenoxy) is 2. The van der Waals surface area contributed by atoms with Crippen LogP contribution < -0.4 is 19.8 Å². The summed E-state index contributed by atoms with van der Waals surface area (Å²) in [5.74, 6) is 2.23. The number of pyridine rings is 1. The topological polar surface area (TPSA) is 88.3 Å². The van der Waals surface area contributed by atoms with E-state index in [0.717, 1.165) is 32.0 Å². The smallest absolute Gasteiger partial charge is 0.235 e. The Morgan fingerprint density at radius 2 is 1.85 bits per heavy atom. The monoisotopic (exact) mass is 459 g/mol. The van der Waals surface area contributed by atoms with E-state index in [-0.39, 0.29) is 16.9 Å². The molecule has 0 bridgehead atoms. The molecule has 0 atom stereocenters. The Morgan fingerprint density at radius 3 is 2.62 bits per heavy atom. The van der Waals surface area contributed by atoms with Crippen molar-refractivity contribution in [1.82, 2.24) is 9.88 Å². The summed E-state index contributed by atoms with van der Waals surface area (Å²) in [5.41, 5.74) is 0.661. The van der Waals surface area contributed by atoms with Crippen LogP contribution >= 0.6 is 0 Å². The van der Waals surface area contributed by atoms with Gasteiger partial charge < -0.3 is 23.9 Å². The molecule has 8 nitrogen and oxygen atoms in total. The van der Waals surface area contributed by atoms with Crippen LogP contribution in [0.25, 0.3) is 11.0 Å². The van der Waals surface area contributed by atoms with Crippen molar-refractivity contribution in [2.24, 2.45) is 0 Å². The zero-order valence-electron chi connectivity index (χ0n) is 18.8. The molecule has 1 saturated heterocycles. The quantitative estimate of drug-likeness (QED) is 0.463. The van der Waals surface area contributed by atoms with Crippen molar-refractivity contribution in [2.75, 3.05) is 38.2 Å². The molecule has 2 aromatic heterocycles. The number of anilines is 1. The maximum Gasteiger partial charge on any atom is 0.235 e. The lowest BCUT2D eigenvalue weighted by molar-refractivity contribution is 0.246. The van der Waals surface area contributed by atoms with E-state index < -0.39 is 0 Å². The number of hydrogen-bond acceptors (Lipinski definition) is 8. The van der Waals surface area contributed by atoms with E-state index in [1.807, 2.05) is 18.2 Å². The Hall–Kier alpha value is -4.04. The fourth-order valence-corrected chi connectivity index (χ4v) is 4.14. The largest absolute Gasteiger partial charge is 0.507 e. The molecular weight excluding hydrogens is 434 g/mol. The van der Waals surface area contributed by atoms with Crippen LogP contribution in [0.1, 0.15) is 5.56 Å². The highest BCUT2D eigenvalue weighted by molar-refractivity contribution is 5.83. The van der Waals surface area contributed by atoms with Gasteiger partial charge >= 0.3 is 0 Å². The van der Waals surface area contributed by atoms with E-state index in [1.54, 1.807) is 43.6 Å². The standard InChI is InChI=1S/C26H25N3O5/c1-32-18-5-4-6-19(15-18)34-23-17-33-26-20(25(23)31)8-9-22(30)21(26)16-28-11-13-29(14-12-28)24-7-2-3-10-27-24/h2-10,15,17,30H,11-14,16H2,1H3. The fourth-order valence-electron chi connectivity index (χ4n) is 4.14. The molecule has 1 aliphatic heterocycles. The number of fused-ring (bicyclic) bond motifs is 1. The van der Waals surface area contributed by atoms with Crippen LogP contribution in [0.2, 0.25) is 0 Å². The number of hydrogen-bond donors (Lipinski definition) is 1. The van der Waals surface area contributed by atoms with Gasteiger partial charge in [0.05, 0.1) is 18.1 Å². The Bertz CT molecular complexity index is 1350. The SMILES string of the molecule is COc1cccc(Oc2coc3c(CN4CCN(c5ccccn5)CC4)c(O)ccc3c2=O)c1. The highest BCUT2D eigenvalue weighted by Gasteiger charge is 2.22. The summed E-state index contributed by atoms with van der Waals surface area (Å²) in [4.78, 5) is 22.0. The number of piperazine rings is 1. The number of aromatic hydroxyl groups is 1. The summed E-state index contributed by atoms with van der Waals surface area (Å²) in [7, 11) is 1.57. The number of nitrogens with zero attached hydrogens (tertiary/aromatic N) is 3. The molecule has 0 saturated carbocycles. The predicted octanol–water partition coefficient (Wildman–Crippen LogP) is 4.02. The lowest BCUT2D eigenvalue weighted by Gasteiger charge is -2.35. The van der Waals surface area contributed by atoms with Gasteiger partial charge in [-0.1, -0.05) is 12.1 Å². The van der Waals surface area contributed by atoms with Gasteiger partial charge in [0.2, 0.25) is 11.2 Å². The molecule has 4 aromatic rings. The Labute approximate surface area is 196 Å². The predicted molar refractivity (Wildman–Crippen MR) is 129 cm³/mol. The highest BCUT2D eigenvalue weighted by Crippen LogP contribution is 2.30. The minimum absolute atomic E-state index is 0.0707. The zero-order valence-corrected chi connectivity index (χ0v) is 18.8. The summed E-state index contributed by atoms with van der Waals surface area (Å²) >= 11 is 0. The summed E-state index contributed by atoms with van der Waals surface area (Å²) in [5, 5.41) is 10.9. The average molecular weight is 460 g/mol. The van der Waals surface area contributed by atoms with E-state index in [9.17, 15) is 9.90 Å². The summed E-state index contributed by atoms with van der Waals surface area (Å²) < 4.78 is 16.8. The van der Waals surface area contributed by atoms with Gasteiger partial charge in [-0.05, 0) is 36.4 Å². The molecular formula is C26H25N3O5. The van der Waals surface area contributed by atoms with Crippen molar-refractivity contribution in [1.29, 1.82) is 0 Å². The van der Waals surface area contributed by atoms with Crippen LogP contribution in [0.4, 0.5) is 5.82 Å². The molecule has 174 valence electrons. The first-order valence-electron chi connectivity index (χ1n) is 11.1. The van der Waals surface area contributed by atoms with Gasteiger partial charge in [0.15, 0.2) is 0 Å². The lowest BCUT2D eigenvalue weighted by atomic mass is 10.1. The van der Waals surface area contributed by atoms with Crippen LogP contribution in [-0.2, 0) is 6.54 Å². The molecule has 0 amide bonds. The van der Waals surface area contributed by atoms with E-state index in [1.165, 1.54) is 12.3 Å². The van der Waals surface area contributed by atoms with Crippen LogP contribution in [0.3, 0.4) is 0 Å². The van der Waals surface area contributed by atoms with Crippen LogP contribution in [0.15, 0.2) is 76.3 Å². The Kier molecular flexibility index (Phi) is 6.05. The Balaban J connectivity index is 1.36. The molecule has 0 radical (unpaired) electrons. The third kappa shape index (κ3) is 4.40. The van der Waals surface area contributed by atoms with Crippen molar-refractivity contribution >= 4 is 16.8 Å². The van der Waals surface area contributed by atoms with E-state index in [0.29, 0.717) is 34.6 Å². The van der Waals surface area contributed by atoms with Gasteiger partial charge in [0, 0.05) is 45.0 Å². The second-order valence-corrected chi connectivity index (χ2v) is 8.10. The number of phenolic OH excluding ortho intramolecular Hbond substituents is 1. The molecule has 0 aliphatic carbocycles. The highest BCUT2D eigenvalue weighted by atomic mass is 16.5. The van der Waals surface area contributed by atoms with Crippen molar-refractivity contribution in [3.8, 4) is 23.0 Å². The van der Waals surface area contributed by atoms with Gasteiger partial charge in [-0.25, -0.2) is 4.98 Å². The van der Waals surface area contributed by atoms with Gasteiger partial charge in [-0.2, -0.15) is 0 Å². The summed E-state index contributed by atoms with van der Waals surface area (Å²) in [6, 6.07) is 16.0. The minimum atomic E-state index is -0.301. The first-order chi connectivity index (χ1) is 16.6. The minimum Gasteiger partial charge on any atom is -0.507 e. The number of methoxy groups -OCH3 is 1. The fraction of sp³-hybridized carbons (Fsp3) is 0.231. The van der Waals surface area contributed by atoms with Crippen molar-refractivity contribution in [2.45, 2.75) is 6.54 Å². The molecule has 1 fully saturated rings.